The Hall–Kier alpha value is -2.28. The Morgan fingerprint density at radius 3 is 2.65 bits per heavy atom. The quantitative estimate of drug-likeness (QED) is 0.395. The van der Waals surface area contributed by atoms with Gasteiger partial charge in [-0.05, 0) is 45.2 Å². The number of unbranched alkanes of at least 4 members (excludes halogenated alkanes) is 1. The molecule has 1 aromatic carbocycles. The van der Waals surface area contributed by atoms with Crippen LogP contribution in [0.5, 0.6) is 11.5 Å². The van der Waals surface area contributed by atoms with E-state index in [1.54, 1.807) is 25.6 Å². The highest BCUT2D eigenvalue weighted by molar-refractivity contribution is 7.09. The Labute approximate surface area is 159 Å². The van der Waals surface area contributed by atoms with Crippen LogP contribution in [-0.4, -0.2) is 38.3 Å². The van der Waals surface area contributed by atoms with Crippen LogP contribution in [0.15, 0.2) is 28.6 Å². The van der Waals surface area contributed by atoms with E-state index in [4.69, 9.17) is 9.47 Å². The third-order valence-corrected chi connectivity index (χ3v) is 4.75. The molecule has 2 aromatic rings. The molecule has 1 aromatic heterocycles. The summed E-state index contributed by atoms with van der Waals surface area (Å²) in [6.07, 6.45) is 3.14. The molecule has 2 N–H and O–H groups in total. The molecule has 0 aliphatic rings. The second kappa shape index (κ2) is 10.7. The zero-order chi connectivity index (χ0) is 18.8. The largest absolute Gasteiger partial charge is 0.493 e. The number of hydrogen-bond donors (Lipinski definition) is 2. The standard InChI is InChI=1S/C19H28N4O2S/c1-5-20-19(21-11-7-6-8-18-22-14(2)13-26-18)23-15-9-10-16(24-3)17(12-15)25-4/h9-10,12-13H,5-8,11H2,1-4H3,(H2,20,21,23). The molecule has 26 heavy (non-hydrogen) atoms. The van der Waals surface area contributed by atoms with Gasteiger partial charge in [0.2, 0.25) is 0 Å². The lowest BCUT2D eigenvalue weighted by Crippen LogP contribution is -2.30. The Balaban J connectivity index is 1.87. The highest BCUT2D eigenvalue weighted by Gasteiger charge is 2.06. The zero-order valence-corrected chi connectivity index (χ0v) is 16.8. The van der Waals surface area contributed by atoms with Crippen molar-refractivity contribution in [1.82, 2.24) is 10.3 Å². The van der Waals surface area contributed by atoms with E-state index in [-0.39, 0.29) is 0 Å². The number of nitrogens with one attached hydrogen (secondary N) is 2. The van der Waals surface area contributed by atoms with E-state index in [9.17, 15) is 0 Å². The smallest absolute Gasteiger partial charge is 0.195 e. The minimum absolute atomic E-state index is 0.687. The van der Waals surface area contributed by atoms with Crippen molar-refractivity contribution >= 4 is 23.0 Å². The fourth-order valence-corrected chi connectivity index (χ4v) is 3.27. The average molecular weight is 377 g/mol. The van der Waals surface area contributed by atoms with Crippen molar-refractivity contribution in [3.63, 3.8) is 0 Å². The van der Waals surface area contributed by atoms with Crippen LogP contribution in [0.2, 0.25) is 0 Å². The van der Waals surface area contributed by atoms with Gasteiger partial charge in [-0.2, -0.15) is 0 Å². The fraction of sp³-hybridized carbons (Fsp3) is 0.474. The molecule has 0 amide bonds. The van der Waals surface area contributed by atoms with Gasteiger partial charge in [-0.15, -0.1) is 11.3 Å². The number of aryl methyl sites for hydroxylation is 2. The lowest BCUT2D eigenvalue weighted by Gasteiger charge is -2.13. The van der Waals surface area contributed by atoms with Gasteiger partial charge in [0.25, 0.3) is 0 Å². The molecular weight excluding hydrogens is 348 g/mol. The molecule has 0 bridgehead atoms. The summed E-state index contributed by atoms with van der Waals surface area (Å²) < 4.78 is 10.6. The number of methoxy groups -OCH3 is 2. The van der Waals surface area contributed by atoms with Gasteiger partial charge in [-0.1, -0.05) is 0 Å². The van der Waals surface area contributed by atoms with Crippen LogP contribution < -0.4 is 20.1 Å². The summed E-state index contributed by atoms with van der Waals surface area (Å²) in [5, 5.41) is 9.89. The van der Waals surface area contributed by atoms with Crippen molar-refractivity contribution in [3.05, 3.63) is 34.3 Å². The van der Waals surface area contributed by atoms with E-state index >= 15 is 0 Å². The number of benzene rings is 1. The van der Waals surface area contributed by atoms with Gasteiger partial charge in [0.15, 0.2) is 17.5 Å². The van der Waals surface area contributed by atoms with Crippen molar-refractivity contribution in [1.29, 1.82) is 0 Å². The highest BCUT2D eigenvalue weighted by atomic mass is 32.1. The molecule has 0 aliphatic carbocycles. The first-order chi connectivity index (χ1) is 12.7. The summed E-state index contributed by atoms with van der Waals surface area (Å²) in [6.45, 7) is 5.66. The summed E-state index contributed by atoms with van der Waals surface area (Å²) in [7, 11) is 3.26. The molecule has 2 rings (SSSR count). The van der Waals surface area contributed by atoms with Crippen molar-refractivity contribution < 1.29 is 9.47 Å². The molecule has 0 unspecified atom stereocenters. The Morgan fingerprint density at radius 2 is 2.00 bits per heavy atom. The maximum atomic E-state index is 5.35. The summed E-state index contributed by atoms with van der Waals surface area (Å²) in [6, 6.07) is 5.72. The van der Waals surface area contributed by atoms with Crippen LogP contribution in [-0.2, 0) is 6.42 Å². The van der Waals surface area contributed by atoms with Gasteiger partial charge in [0.1, 0.15) is 0 Å². The van der Waals surface area contributed by atoms with Crippen LogP contribution in [0.1, 0.15) is 30.5 Å². The zero-order valence-electron chi connectivity index (χ0n) is 16.0. The summed E-state index contributed by atoms with van der Waals surface area (Å²) >= 11 is 1.74. The van der Waals surface area contributed by atoms with E-state index in [2.05, 4.69) is 32.9 Å². The van der Waals surface area contributed by atoms with Crippen LogP contribution >= 0.6 is 11.3 Å². The van der Waals surface area contributed by atoms with Crippen molar-refractivity contribution in [2.24, 2.45) is 4.99 Å². The van der Waals surface area contributed by atoms with Gasteiger partial charge < -0.3 is 20.1 Å². The lowest BCUT2D eigenvalue weighted by atomic mass is 10.2. The normalized spacial score (nSPS) is 11.3. The number of rotatable bonds is 9. The summed E-state index contributed by atoms with van der Waals surface area (Å²) in [4.78, 5) is 9.14. The average Bonchev–Trinajstić information content (AvgIpc) is 3.06. The third-order valence-electron chi connectivity index (χ3n) is 3.73. The van der Waals surface area contributed by atoms with Crippen LogP contribution in [0.25, 0.3) is 0 Å². The Bertz CT molecular complexity index is 715. The molecule has 0 spiro atoms. The number of aliphatic imine (C=N–C) groups is 1. The number of guanidine groups is 1. The third kappa shape index (κ3) is 6.22. The molecule has 1 heterocycles. The fourth-order valence-electron chi connectivity index (χ4n) is 2.45. The predicted molar refractivity (Wildman–Crippen MR) is 109 cm³/mol. The minimum Gasteiger partial charge on any atom is -0.493 e. The van der Waals surface area contributed by atoms with Gasteiger partial charge in [-0.3, -0.25) is 4.99 Å². The maximum Gasteiger partial charge on any atom is 0.195 e. The molecule has 7 heteroatoms. The summed E-state index contributed by atoms with van der Waals surface area (Å²) in [5.41, 5.74) is 2.01. The maximum absolute atomic E-state index is 5.35. The van der Waals surface area contributed by atoms with E-state index in [1.807, 2.05) is 25.1 Å². The summed E-state index contributed by atoms with van der Waals surface area (Å²) in [5.74, 6) is 2.16. The van der Waals surface area contributed by atoms with E-state index in [0.29, 0.717) is 11.5 Å². The number of aromatic nitrogens is 1. The first kappa shape index (κ1) is 20.0. The van der Waals surface area contributed by atoms with E-state index in [0.717, 1.165) is 49.7 Å². The molecule has 0 atom stereocenters. The monoisotopic (exact) mass is 376 g/mol. The molecule has 0 aliphatic heterocycles. The van der Waals surface area contributed by atoms with Crippen molar-refractivity contribution in [3.8, 4) is 11.5 Å². The topological polar surface area (TPSA) is 67.8 Å². The Morgan fingerprint density at radius 1 is 1.19 bits per heavy atom. The molecular formula is C19H28N4O2S. The molecule has 6 nitrogen and oxygen atoms in total. The number of thiazole rings is 1. The van der Waals surface area contributed by atoms with Crippen molar-refractivity contribution in [2.45, 2.75) is 33.1 Å². The van der Waals surface area contributed by atoms with Crippen molar-refractivity contribution in [2.75, 3.05) is 32.6 Å². The van der Waals surface area contributed by atoms with Gasteiger partial charge in [0.05, 0.1) is 19.2 Å². The number of hydrogen-bond acceptors (Lipinski definition) is 5. The minimum atomic E-state index is 0.687. The van der Waals surface area contributed by atoms with Crippen LogP contribution in [0.4, 0.5) is 5.69 Å². The molecule has 0 radical (unpaired) electrons. The molecule has 0 saturated carbocycles. The second-order valence-electron chi connectivity index (χ2n) is 5.80. The number of nitrogens with zero attached hydrogens (tertiary/aromatic N) is 2. The van der Waals surface area contributed by atoms with Gasteiger partial charge in [-0.25, -0.2) is 4.98 Å². The molecule has 0 fully saturated rings. The predicted octanol–water partition coefficient (Wildman–Crippen LogP) is 3.87. The van der Waals surface area contributed by atoms with Crippen LogP contribution in [0.3, 0.4) is 0 Å². The highest BCUT2D eigenvalue weighted by Crippen LogP contribution is 2.29. The lowest BCUT2D eigenvalue weighted by molar-refractivity contribution is 0.355. The van der Waals surface area contributed by atoms with Gasteiger partial charge >= 0.3 is 0 Å². The number of anilines is 1. The van der Waals surface area contributed by atoms with E-state index in [1.165, 1.54) is 5.01 Å². The van der Waals surface area contributed by atoms with Crippen LogP contribution in [0, 0.1) is 6.92 Å². The second-order valence-corrected chi connectivity index (χ2v) is 6.74. The molecule has 142 valence electrons. The van der Waals surface area contributed by atoms with Gasteiger partial charge in [0, 0.05) is 35.9 Å². The number of ether oxygens (including phenoxy) is 2. The Kier molecular flexibility index (Phi) is 8.21. The molecule has 0 saturated heterocycles. The van der Waals surface area contributed by atoms with E-state index < -0.39 is 0 Å². The first-order valence-corrected chi connectivity index (χ1v) is 9.72. The SMILES string of the molecule is CCNC(=NCCCCc1nc(C)cs1)Nc1ccc(OC)c(OC)c1. The first-order valence-electron chi connectivity index (χ1n) is 8.84.